The Morgan fingerprint density at radius 1 is 0.289 bits per heavy atom. The fourth-order valence-electron chi connectivity index (χ4n) is 10.7. The summed E-state index contributed by atoms with van der Waals surface area (Å²) in [5.41, 5.74) is 9.17. The van der Waals surface area contributed by atoms with Crippen molar-refractivity contribution < 1.29 is 22.8 Å². The summed E-state index contributed by atoms with van der Waals surface area (Å²) in [6, 6.07) is 49.4. The Morgan fingerprint density at radius 3 is 0.763 bits per heavy atom. The van der Waals surface area contributed by atoms with Crippen LogP contribution in [-0.4, -0.2) is 47.3 Å². The number of halogens is 6. The van der Waals surface area contributed by atoms with E-state index in [1.807, 2.05) is 25.0 Å². The topological polar surface area (TPSA) is 79.7 Å². The second-order valence-corrected chi connectivity index (χ2v) is 23.8. The fraction of sp³-hybridized carbons (Fsp3) is 0.260. The number of hydrogen-bond donors (Lipinski definition) is 0. The molecule has 0 saturated carbocycles. The van der Waals surface area contributed by atoms with Crippen molar-refractivity contribution in [3.8, 4) is 0 Å². The normalized spacial score (nSPS) is 10.7. The van der Waals surface area contributed by atoms with Crippen LogP contribution in [0.4, 0.5) is 0 Å². The third-order valence-corrected chi connectivity index (χ3v) is 16.0. The zero-order valence-electron chi connectivity index (χ0n) is 54.5. The van der Waals surface area contributed by atoms with Crippen molar-refractivity contribution in [3.63, 3.8) is 0 Å². The van der Waals surface area contributed by atoms with Gasteiger partial charge >= 0.3 is 0 Å². The molecule has 0 aliphatic heterocycles. The van der Waals surface area contributed by atoms with E-state index in [4.69, 9.17) is 0 Å². The number of allylic oxidation sites excluding steroid dienone is 6. The van der Waals surface area contributed by atoms with Gasteiger partial charge in [-0.15, -0.1) is 84.9 Å². The van der Waals surface area contributed by atoms with Crippen molar-refractivity contribution in [2.75, 3.05) is 5.33 Å². The molecule has 7 heterocycles. The summed E-state index contributed by atoms with van der Waals surface area (Å²) in [5, 5.41) is 1.05. The summed E-state index contributed by atoms with van der Waals surface area (Å²) in [5.74, 6) is 0. The van der Waals surface area contributed by atoms with Gasteiger partial charge in [-0.1, -0.05) is 199 Å². The summed E-state index contributed by atoms with van der Waals surface area (Å²) in [6.07, 6.45) is 63.9. The van der Waals surface area contributed by atoms with Gasteiger partial charge in [0.15, 0.2) is 0 Å². The van der Waals surface area contributed by atoms with Crippen molar-refractivity contribution >= 4 is 101 Å². The van der Waals surface area contributed by atoms with Gasteiger partial charge in [0.2, 0.25) is 31.6 Å². The Morgan fingerprint density at radius 2 is 0.526 bits per heavy atom. The highest BCUT2D eigenvalue weighted by Gasteiger charge is 2.10. The van der Waals surface area contributed by atoms with Gasteiger partial charge in [0, 0.05) is 75.3 Å². The number of benzene rings is 5. The Hall–Kier alpha value is -7.33. The van der Waals surface area contributed by atoms with Crippen LogP contribution in [-0.2, 0) is 78.5 Å². The predicted molar refractivity (Wildman–Crippen MR) is 421 cm³/mol. The number of hydrogen-bond acceptors (Lipinski definition) is 2. The van der Waals surface area contributed by atoms with Crippen LogP contribution in [0.2, 0.25) is 0 Å². The average Bonchev–Trinajstić information content (AvgIpc) is 2.13. The summed E-state index contributed by atoms with van der Waals surface area (Å²) in [4.78, 5) is 8.08. The van der Waals surface area contributed by atoms with Crippen molar-refractivity contribution in [1.82, 2.24) is 41.9 Å². The van der Waals surface area contributed by atoms with E-state index >= 15 is 0 Å². The molecule has 0 saturated heterocycles. The summed E-state index contributed by atoms with van der Waals surface area (Å²) in [7, 11) is 0. The molecule has 0 bridgehead atoms. The lowest BCUT2D eigenvalue weighted by Crippen LogP contribution is -2.32. The average molecular weight is 1700 g/mol. The third-order valence-electron chi connectivity index (χ3n) is 15.5. The highest BCUT2D eigenvalue weighted by molar-refractivity contribution is 9.09. The lowest BCUT2D eigenvalue weighted by molar-refractivity contribution is -0.688. The zero-order valence-corrected chi connectivity index (χ0v) is 64.6. The van der Waals surface area contributed by atoms with E-state index in [1.165, 1.54) is 38.9 Å². The predicted octanol–water partition coefficient (Wildman–Crippen LogP) is 15.6. The van der Waals surface area contributed by atoms with E-state index < -0.39 is 0 Å². The highest BCUT2D eigenvalue weighted by atomic mass is 79.9. The summed E-state index contributed by atoms with van der Waals surface area (Å²) in [6.45, 7) is 11.3. The zero-order chi connectivity index (χ0) is 62.2. The summed E-state index contributed by atoms with van der Waals surface area (Å²) < 4.78 is 26.7. The van der Waals surface area contributed by atoms with E-state index in [9.17, 15) is 0 Å². The molecule has 512 valence electrons. The maximum absolute atomic E-state index is 4.04. The number of alkyl halides is 1. The van der Waals surface area contributed by atoms with E-state index in [1.54, 1.807) is 12.4 Å². The van der Waals surface area contributed by atoms with Crippen molar-refractivity contribution in [2.24, 2.45) is 0 Å². The van der Waals surface area contributed by atoms with Crippen molar-refractivity contribution in [3.05, 3.63) is 346 Å². The van der Waals surface area contributed by atoms with Gasteiger partial charge < -0.3 is 9.13 Å². The SMILES string of the molecule is Br.Br.Br.Br.Br.BrCC/C=C\CCn1cc[n+](Cc2ccccc2)c1.C.C(=C/CCn1cc[n+](Cc2ccc(C[n+]3ccn(CC/C=C\CCn4cc[n+](Cc5ccccc5)c4)c3)cc2)c1)/CCn1cc[n+](Cc2ccccc2)c1.c1cn(Cc2ccc(Cn3ccnc3)cc2)cn1. The molecule has 0 radical (unpaired) electrons. The van der Waals surface area contributed by atoms with E-state index in [0.29, 0.717) is 0 Å². The quantitative estimate of drug-likeness (QED) is 0.0246. The van der Waals surface area contributed by atoms with Gasteiger partial charge in [-0.05, 0) is 45.4 Å². The van der Waals surface area contributed by atoms with Gasteiger partial charge in [-0.2, -0.15) is 0 Å². The van der Waals surface area contributed by atoms with E-state index in [2.05, 4.69) is 350 Å². The van der Waals surface area contributed by atoms with Crippen LogP contribution < -0.4 is 22.8 Å². The maximum atomic E-state index is 4.04. The molecule has 97 heavy (non-hydrogen) atoms. The minimum absolute atomic E-state index is 0. The number of imidazole rings is 7. The van der Waals surface area contributed by atoms with Gasteiger partial charge in [0.1, 0.15) is 94.7 Å². The first-order valence-electron chi connectivity index (χ1n) is 31.9. The molecule has 0 amide bonds. The molecule has 0 spiro atoms. The Labute approximate surface area is 635 Å². The Kier molecular flexibility index (Phi) is 39.6. The minimum atomic E-state index is 0. The Balaban J connectivity index is 0.000000381. The lowest BCUT2D eigenvalue weighted by Gasteiger charge is -2.05. The number of nitrogens with zero attached hydrogens (tertiary/aromatic N) is 14. The van der Waals surface area contributed by atoms with Gasteiger partial charge in [0.05, 0.1) is 45.4 Å². The number of aryl methyl sites for hydroxylation is 5. The number of rotatable bonds is 31. The molecule has 0 aliphatic carbocycles. The highest BCUT2D eigenvalue weighted by Crippen LogP contribution is 2.10. The molecule has 0 unspecified atom stereocenters. The second kappa shape index (κ2) is 46.8. The Bertz CT molecular complexity index is 3790. The van der Waals surface area contributed by atoms with E-state index in [-0.39, 0.29) is 92.3 Å². The molecule has 12 rings (SSSR count). The first-order valence-corrected chi connectivity index (χ1v) is 33.0. The summed E-state index contributed by atoms with van der Waals surface area (Å²) >= 11 is 3.42. The molecule has 0 aliphatic rings. The molecule has 14 nitrogen and oxygen atoms in total. The van der Waals surface area contributed by atoms with Crippen LogP contribution in [0.1, 0.15) is 84.9 Å². The van der Waals surface area contributed by atoms with Gasteiger partial charge in [0.25, 0.3) is 0 Å². The van der Waals surface area contributed by atoms with Crippen LogP contribution in [0.3, 0.4) is 0 Å². The van der Waals surface area contributed by atoms with Gasteiger partial charge in [-0.3, -0.25) is 0 Å². The number of aromatic nitrogens is 14. The molecule has 0 fully saturated rings. The molecular weight excluding hydrogens is 1600 g/mol. The van der Waals surface area contributed by atoms with Crippen LogP contribution in [0.25, 0.3) is 0 Å². The molecule has 0 atom stereocenters. The fourth-order valence-corrected chi connectivity index (χ4v) is 11.0. The smallest absolute Gasteiger partial charge is 0.244 e. The maximum Gasteiger partial charge on any atom is 0.244 e. The van der Waals surface area contributed by atoms with Crippen molar-refractivity contribution in [1.29, 1.82) is 0 Å². The monoisotopic (exact) mass is 1690 g/mol. The van der Waals surface area contributed by atoms with Gasteiger partial charge in [-0.25, -0.2) is 55.6 Å². The van der Waals surface area contributed by atoms with Crippen LogP contribution in [0.15, 0.2) is 307 Å². The van der Waals surface area contributed by atoms with E-state index in [0.717, 1.165) is 122 Å². The molecule has 0 N–H and O–H groups in total. The molecule has 20 heteroatoms. The van der Waals surface area contributed by atoms with Crippen LogP contribution in [0.5, 0.6) is 0 Å². The van der Waals surface area contributed by atoms with Crippen LogP contribution in [0, 0.1) is 0 Å². The molecule has 5 aromatic carbocycles. The van der Waals surface area contributed by atoms with Crippen molar-refractivity contribution in [2.45, 2.75) is 124 Å². The first kappa shape index (κ1) is 82.1. The largest absolute Gasteiger partial charge is 0.333 e. The van der Waals surface area contributed by atoms with Crippen LogP contribution >= 0.6 is 101 Å². The first-order chi connectivity index (χ1) is 45.0. The molecule has 7 aromatic heterocycles. The molecule has 12 aromatic rings. The standard InChI is InChI=1S/C46H54N8.C16H20BrN2.C14H14N4.CH4.5BrH/c1(11-23-47-27-31-51(39-47)35-43-15-7-5-8-16-43)3-13-25-49-29-33-53(41-49)37-45-19-21-46(22-20-45)38-54-34-30-50(42-54)26-14-4-2-12-24-48-28-32-52(40-48)36-44-17-9-6-10-18-44;17-10-6-1-2-7-11-18-12-13-19(15-18)14-16-8-4-3-5-9-16;1-2-14(10-18-8-6-16-12-18)4-3-13(1)9-17-7-5-15-11-17;;;;;;/h1-10,15-22,27-34,39-42H,11-14,23-26,35-38H2;1-5,8-9,12-13,15H,6-7,10-11,14H2;1-8,11-12H,9-10H2;1H4;5*1H/q+4;+1;;;;;;;/b3-1-,4-2-;2-1-;;;;;;;. The molecular formula is C77H97Br6N14+5. The minimum Gasteiger partial charge on any atom is -0.333 e. The second-order valence-electron chi connectivity index (χ2n) is 23.0. The lowest BCUT2D eigenvalue weighted by atomic mass is 10.1. The third kappa shape index (κ3) is 30.1.